The molecule has 1 aliphatic heterocycles. The zero-order valence-corrected chi connectivity index (χ0v) is 16.9. The molecule has 1 aromatic heterocycles. The Bertz CT molecular complexity index is 887. The highest BCUT2D eigenvalue weighted by Crippen LogP contribution is 2.34. The molecule has 0 fully saturated rings. The Labute approximate surface area is 170 Å². The summed E-state index contributed by atoms with van der Waals surface area (Å²) >= 11 is 0. The van der Waals surface area contributed by atoms with Crippen LogP contribution in [-0.2, 0) is 9.53 Å². The first kappa shape index (κ1) is 20.6. The molecular formula is C21H26N4O4. The molecule has 2 amide bonds. The normalized spacial score (nSPS) is 15.3. The van der Waals surface area contributed by atoms with Gasteiger partial charge >= 0.3 is 0 Å². The summed E-state index contributed by atoms with van der Waals surface area (Å²) in [7, 11) is 3.49. The van der Waals surface area contributed by atoms with Gasteiger partial charge in [-0.2, -0.15) is 0 Å². The maximum absolute atomic E-state index is 12.5. The fraction of sp³-hybridized carbons (Fsp3) is 0.381. The average molecular weight is 398 g/mol. The zero-order chi connectivity index (χ0) is 20.8. The van der Waals surface area contributed by atoms with E-state index >= 15 is 0 Å². The van der Waals surface area contributed by atoms with E-state index in [0.29, 0.717) is 36.8 Å². The Hall–Kier alpha value is -3.13. The van der Waals surface area contributed by atoms with Crippen molar-refractivity contribution in [1.82, 2.24) is 10.3 Å². The van der Waals surface area contributed by atoms with Gasteiger partial charge in [-0.05, 0) is 36.8 Å². The van der Waals surface area contributed by atoms with Crippen molar-refractivity contribution in [2.45, 2.75) is 19.4 Å². The van der Waals surface area contributed by atoms with Gasteiger partial charge in [0, 0.05) is 32.5 Å². The molecule has 1 aliphatic rings. The molecule has 8 heteroatoms. The summed E-state index contributed by atoms with van der Waals surface area (Å²) in [6.45, 7) is 3.20. The van der Waals surface area contributed by atoms with Gasteiger partial charge in [0.15, 0.2) is 0 Å². The maximum atomic E-state index is 12.5. The van der Waals surface area contributed by atoms with Crippen molar-refractivity contribution in [1.29, 1.82) is 0 Å². The van der Waals surface area contributed by atoms with Gasteiger partial charge in [0.1, 0.15) is 12.4 Å². The number of likely N-dealkylation sites (N-methyl/N-ethyl adjacent to an activating group) is 1. The fourth-order valence-corrected chi connectivity index (χ4v) is 3.13. The van der Waals surface area contributed by atoms with Crippen molar-refractivity contribution in [2.75, 3.05) is 44.1 Å². The largest absolute Gasteiger partial charge is 0.489 e. The molecule has 2 aromatic rings. The Morgan fingerprint density at radius 2 is 2.17 bits per heavy atom. The molecule has 0 spiro atoms. The number of aryl methyl sites for hydroxylation is 1. The molecule has 29 heavy (non-hydrogen) atoms. The minimum absolute atomic E-state index is 0.113. The molecule has 1 atom stereocenters. The topological polar surface area (TPSA) is 92.8 Å². The number of nitrogens with zero attached hydrogens (tertiary/aromatic N) is 2. The van der Waals surface area contributed by atoms with Gasteiger partial charge in [0.05, 0.1) is 36.6 Å². The molecule has 8 nitrogen and oxygen atoms in total. The molecule has 154 valence electrons. The quantitative estimate of drug-likeness (QED) is 0.693. The first-order valence-corrected chi connectivity index (χ1v) is 9.47. The minimum atomic E-state index is -0.176. The van der Waals surface area contributed by atoms with Gasteiger partial charge in [0.25, 0.3) is 5.91 Å². The van der Waals surface area contributed by atoms with Crippen molar-refractivity contribution in [3.8, 4) is 5.75 Å². The molecule has 0 saturated heterocycles. The molecule has 0 aliphatic carbocycles. The second-order valence-corrected chi connectivity index (χ2v) is 6.95. The van der Waals surface area contributed by atoms with Crippen molar-refractivity contribution >= 4 is 23.2 Å². The second kappa shape index (κ2) is 9.38. The van der Waals surface area contributed by atoms with Crippen molar-refractivity contribution < 1.29 is 19.1 Å². The first-order chi connectivity index (χ1) is 14.0. The lowest BCUT2D eigenvalue weighted by Gasteiger charge is -2.35. The van der Waals surface area contributed by atoms with Crippen molar-refractivity contribution in [3.63, 3.8) is 0 Å². The van der Waals surface area contributed by atoms with Crippen LogP contribution < -0.4 is 20.3 Å². The van der Waals surface area contributed by atoms with Gasteiger partial charge in [0.2, 0.25) is 5.91 Å². The van der Waals surface area contributed by atoms with Crippen LogP contribution in [-0.4, -0.2) is 56.8 Å². The van der Waals surface area contributed by atoms with Crippen LogP contribution in [0.2, 0.25) is 0 Å². The number of nitrogens with one attached hydrogen (secondary N) is 2. The Morgan fingerprint density at radius 3 is 2.93 bits per heavy atom. The number of anilines is 2. The molecule has 0 radical (unpaired) electrons. The Balaban J connectivity index is 1.66. The molecule has 0 unspecified atom stereocenters. The van der Waals surface area contributed by atoms with E-state index in [4.69, 9.17) is 9.47 Å². The number of methoxy groups -OCH3 is 1. The molecule has 2 heterocycles. The number of hydrogen-bond donors (Lipinski definition) is 2. The zero-order valence-electron chi connectivity index (χ0n) is 16.9. The SMILES string of the molecule is COCCNC(=O)c1ccc2c(c1)N(C)[C@H](CC(=O)Nc1cnccc1C)CO2. The van der Waals surface area contributed by atoms with Crippen LogP contribution in [0.15, 0.2) is 36.7 Å². The third kappa shape index (κ3) is 5.03. The lowest BCUT2D eigenvalue weighted by atomic mass is 10.1. The van der Waals surface area contributed by atoms with E-state index in [2.05, 4.69) is 15.6 Å². The summed E-state index contributed by atoms with van der Waals surface area (Å²) in [5, 5.41) is 5.70. The lowest BCUT2D eigenvalue weighted by molar-refractivity contribution is -0.116. The van der Waals surface area contributed by atoms with E-state index in [0.717, 1.165) is 11.3 Å². The first-order valence-electron chi connectivity index (χ1n) is 9.47. The summed E-state index contributed by atoms with van der Waals surface area (Å²) in [4.78, 5) is 30.9. The highest BCUT2D eigenvalue weighted by Gasteiger charge is 2.27. The van der Waals surface area contributed by atoms with Gasteiger partial charge in [-0.1, -0.05) is 0 Å². The number of hydrogen-bond acceptors (Lipinski definition) is 6. The number of ether oxygens (including phenoxy) is 2. The molecule has 3 rings (SSSR count). The van der Waals surface area contributed by atoms with Gasteiger partial charge in [-0.25, -0.2) is 0 Å². The minimum Gasteiger partial charge on any atom is -0.489 e. The van der Waals surface area contributed by atoms with Crippen molar-refractivity contribution in [3.05, 3.63) is 47.8 Å². The number of pyridine rings is 1. The number of aromatic nitrogens is 1. The molecule has 2 N–H and O–H groups in total. The van der Waals surface area contributed by atoms with Crippen LogP contribution in [0.3, 0.4) is 0 Å². The summed E-state index contributed by atoms with van der Waals surface area (Å²) in [6.07, 6.45) is 3.58. The van der Waals surface area contributed by atoms with Crippen LogP contribution in [0, 0.1) is 6.92 Å². The number of fused-ring (bicyclic) bond motifs is 1. The fourth-order valence-electron chi connectivity index (χ4n) is 3.13. The average Bonchev–Trinajstić information content (AvgIpc) is 2.72. The maximum Gasteiger partial charge on any atom is 0.251 e. The van der Waals surface area contributed by atoms with Gasteiger partial charge < -0.3 is 25.0 Å². The van der Waals surface area contributed by atoms with Crippen LogP contribution in [0.1, 0.15) is 22.3 Å². The van der Waals surface area contributed by atoms with E-state index in [1.54, 1.807) is 37.7 Å². The highest BCUT2D eigenvalue weighted by atomic mass is 16.5. The predicted molar refractivity (Wildman–Crippen MR) is 111 cm³/mol. The van der Waals surface area contributed by atoms with Crippen molar-refractivity contribution in [2.24, 2.45) is 0 Å². The number of amides is 2. The van der Waals surface area contributed by atoms with Gasteiger partial charge in [-0.3, -0.25) is 14.6 Å². The van der Waals surface area contributed by atoms with Crippen LogP contribution in [0.25, 0.3) is 0 Å². The second-order valence-electron chi connectivity index (χ2n) is 6.95. The monoisotopic (exact) mass is 398 g/mol. The van der Waals surface area contributed by atoms with E-state index in [-0.39, 0.29) is 24.3 Å². The third-order valence-electron chi connectivity index (χ3n) is 4.91. The molecular weight excluding hydrogens is 372 g/mol. The van der Waals surface area contributed by atoms with E-state index in [9.17, 15) is 9.59 Å². The lowest BCUT2D eigenvalue weighted by Crippen LogP contribution is -2.43. The number of carbonyl (C=O) groups is 2. The van der Waals surface area contributed by atoms with Gasteiger partial charge in [-0.15, -0.1) is 0 Å². The highest BCUT2D eigenvalue weighted by molar-refractivity contribution is 5.96. The van der Waals surface area contributed by atoms with Crippen LogP contribution in [0.5, 0.6) is 5.75 Å². The smallest absolute Gasteiger partial charge is 0.251 e. The third-order valence-corrected chi connectivity index (χ3v) is 4.91. The summed E-state index contributed by atoms with van der Waals surface area (Å²) in [5.41, 5.74) is 2.97. The van der Waals surface area contributed by atoms with E-state index in [1.165, 1.54) is 0 Å². The number of carbonyl (C=O) groups excluding carboxylic acids is 2. The predicted octanol–water partition coefficient (Wildman–Crippen LogP) is 1.99. The summed E-state index contributed by atoms with van der Waals surface area (Å²) in [6, 6.07) is 7.00. The molecule has 0 saturated carbocycles. The van der Waals surface area contributed by atoms with Crippen LogP contribution in [0.4, 0.5) is 11.4 Å². The molecule has 1 aromatic carbocycles. The summed E-state index contributed by atoms with van der Waals surface area (Å²) < 4.78 is 10.8. The summed E-state index contributed by atoms with van der Waals surface area (Å²) in [5.74, 6) is 0.407. The van der Waals surface area contributed by atoms with E-state index in [1.807, 2.05) is 24.9 Å². The van der Waals surface area contributed by atoms with E-state index < -0.39 is 0 Å². The number of rotatable bonds is 7. The van der Waals surface area contributed by atoms with Crippen LogP contribution >= 0.6 is 0 Å². The standard InChI is InChI=1S/C21H26N4O4/c1-14-6-7-22-12-17(14)24-20(26)11-16-13-29-19-5-4-15(10-18(19)25(16)2)21(27)23-8-9-28-3/h4-7,10,12,16H,8-9,11,13H2,1-3H3,(H,23,27)(H,24,26)/t16-/m1/s1. The molecule has 0 bridgehead atoms. The number of benzene rings is 1. The Kier molecular flexibility index (Phi) is 6.66. The Morgan fingerprint density at radius 1 is 1.34 bits per heavy atom.